The minimum atomic E-state index is -0.663. The quantitative estimate of drug-likeness (QED) is 0.767. The summed E-state index contributed by atoms with van der Waals surface area (Å²) in [6.07, 6.45) is 3.74. The molecule has 0 radical (unpaired) electrons. The first-order valence-electron chi connectivity index (χ1n) is 7.73. The maximum Gasteiger partial charge on any atom is 0.439 e. The molecule has 9 heteroatoms. The molecular weight excluding hydrogens is 348 g/mol. The van der Waals surface area contributed by atoms with Crippen LogP contribution in [-0.2, 0) is 6.61 Å². The number of benzene rings is 1. The molecule has 8 nitrogen and oxygen atoms in total. The lowest BCUT2D eigenvalue weighted by Gasteiger charge is -2.22. The van der Waals surface area contributed by atoms with Gasteiger partial charge in [-0.15, -0.1) is 0 Å². The summed E-state index contributed by atoms with van der Waals surface area (Å²) in [6, 6.07) is 3.75. The summed E-state index contributed by atoms with van der Waals surface area (Å²) in [6.45, 7) is 0.242. The second-order valence-corrected chi connectivity index (χ2v) is 6.23. The molecule has 5 rings (SSSR count). The van der Waals surface area contributed by atoms with Crippen molar-refractivity contribution in [2.45, 2.75) is 25.6 Å². The number of ether oxygens (including phenoxy) is 2. The second-order valence-electron chi connectivity index (χ2n) is 5.85. The van der Waals surface area contributed by atoms with Crippen LogP contribution in [-0.4, -0.2) is 26.2 Å². The van der Waals surface area contributed by atoms with E-state index in [9.17, 15) is 4.79 Å². The zero-order chi connectivity index (χ0) is 17.0. The Morgan fingerprint density at radius 1 is 1.24 bits per heavy atom. The Morgan fingerprint density at radius 3 is 2.84 bits per heavy atom. The van der Waals surface area contributed by atoms with E-state index in [4.69, 9.17) is 21.1 Å². The summed E-state index contributed by atoms with van der Waals surface area (Å²) < 4.78 is 16.2. The van der Waals surface area contributed by atoms with Gasteiger partial charge in [-0.3, -0.25) is 9.51 Å². The molecule has 0 spiro atoms. The highest BCUT2D eigenvalue weighted by atomic mass is 35.5. The van der Waals surface area contributed by atoms with Crippen LogP contribution < -0.4 is 15.2 Å². The predicted molar refractivity (Wildman–Crippen MR) is 86.6 cm³/mol. The van der Waals surface area contributed by atoms with Crippen LogP contribution in [0, 0.1) is 0 Å². The molecule has 25 heavy (non-hydrogen) atoms. The molecule has 2 aliphatic rings. The number of fused-ring (bicyclic) bond motifs is 3. The summed E-state index contributed by atoms with van der Waals surface area (Å²) >= 11 is 6.50. The van der Waals surface area contributed by atoms with Crippen LogP contribution in [0.15, 0.2) is 27.8 Å². The first kappa shape index (κ1) is 14.5. The van der Waals surface area contributed by atoms with E-state index in [1.165, 1.54) is 6.33 Å². The van der Waals surface area contributed by atoms with Gasteiger partial charge in [0.15, 0.2) is 11.4 Å². The van der Waals surface area contributed by atoms with Gasteiger partial charge in [0.1, 0.15) is 24.4 Å². The lowest BCUT2D eigenvalue weighted by atomic mass is 10.0. The number of hydrogen-bond acceptors (Lipinski definition) is 7. The number of aromatic amines is 1. The lowest BCUT2D eigenvalue weighted by Crippen LogP contribution is -2.11. The van der Waals surface area contributed by atoms with Crippen LogP contribution in [0.3, 0.4) is 0 Å². The Morgan fingerprint density at radius 2 is 2.08 bits per heavy atom. The average Bonchev–Trinajstić information content (AvgIpc) is 3.34. The van der Waals surface area contributed by atoms with E-state index in [1.54, 1.807) is 0 Å². The Labute approximate surface area is 145 Å². The van der Waals surface area contributed by atoms with Crippen molar-refractivity contribution in [1.29, 1.82) is 0 Å². The summed E-state index contributed by atoms with van der Waals surface area (Å²) in [5.41, 5.74) is 2.58. The smallest absolute Gasteiger partial charge is 0.439 e. The van der Waals surface area contributed by atoms with E-state index < -0.39 is 5.76 Å². The lowest BCUT2D eigenvalue weighted by molar-refractivity contribution is 0.291. The van der Waals surface area contributed by atoms with Crippen molar-refractivity contribution >= 4 is 11.6 Å². The topological polar surface area (TPSA) is 103 Å². The molecular formula is C16H11ClN4O4. The van der Waals surface area contributed by atoms with E-state index in [0.717, 1.165) is 24.0 Å². The number of H-pyrrole nitrogens is 1. The van der Waals surface area contributed by atoms with Crippen LogP contribution in [0.4, 0.5) is 0 Å². The fourth-order valence-corrected chi connectivity index (χ4v) is 3.03. The first-order chi connectivity index (χ1) is 12.2. The molecule has 1 aliphatic carbocycles. The van der Waals surface area contributed by atoms with E-state index in [1.807, 2.05) is 12.1 Å². The number of halogens is 1. The van der Waals surface area contributed by atoms with Gasteiger partial charge in [0.05, 0.1) is 11.1 Å². The maximum absolute atomic E-state index is 11.2. The highest BCUT2D eigenvalue weighted by molar-refractivity contribution is 6.33. The molecule has 3 heterocycles. The van der Waals surface area contributed by atoms with Gasteiger partial charge >= 0.3 is 5.76 Å². The summed E-state index contributed by atoms with van der Waals surface area (Å²) in [4.78, 5) is 22.1. The van der Waals surface area contributed by atoms with Gasteiger partial charge in [0, 0.05) is 11.1 Å². The highest BCUT2D eigenvalue weighted by Gasteiger charge is 2.29. The summed E-state index contributed by atoms with van der Waals surface area (Å²) in [7, 11) is 0. The van der Waals surface area contributed by atoms with Crippen LogP contribution in [0.25, 0.3) is 22.8 Å². The third-order valence-corrected chi connectivity index (χ3v) is 4.52. The molecule has 3 aromatic rings. The molecule has 1 aromatic carbocycles. The van der Waals surface area contributed by atoms with Gasteiger partial charge < -0.3 is 9.47 Å². The van der Waals surface area contributed by atoms with E-state index in [0.29, 0.717) is 27.9 Å². The number of nitrogens with one attached hydrogen (secondary N) is 1. The Hall–Kier alpha value is -2.87. The van der Waals surface area contributed by atoms with Crippen molar-refractivity contribution in [3.05, 3.63) is 39.6 Å². The van der Waals surface area contributed by atoms with E-state index >= 15 is 0 Å². The number of rotatable bonds is 3. The molecule has 1 N–H and O–H groups in total. The van der Waals surface area contributed by atoms with Crippen LogP contribution in [0.2, 0.25) is 5.02 Å². The monoisotopic (exact) mass is 358 g/mol. The minimum absolute atomic E-state index is 0.187. The van der Waals surface area contributed by atoms with Crippen molar-refractivity contribution in [3.8, 4) is 34.3 Å². The Bertz CT molecular complexity index is 1040. The van der Waals surface area contributed by atoms with E-state index in [2.05, 4.69) is 24.6 Å². The SMILES string of the molecule is O=c1[nH]c(-c2ncnc3c2OCc2c-3ccc(OC3CC3)c2Cl)no1. The largest absolute Gasteiger partial charge is 0.489 e. The molecule has 1 aliphatic heterocycles. The van der Waals surface area contributed by atoms with Gasteiger partial charge in [0.25, 0.3) is 0 Å². The fraction of sp³-hybridized carbons (Fsp3) is 0.250. The van der Waals surface area contributed by atoms with Gasteiger partial charge in [0.2, 0.25) is 5.82 Å². The van der Waals surface area contributed by atoms with Crippen molar-refractivity contribution in [2.24, 2.45) is 0 Å². The minimum Gasteiger partial charge on any atom is -0.489 e. The van der Waals surface area contributed by atoms with Gasteiger partial charge in [-0.1, -0.05) is 16.8 Å². The van der Waals surface area contributed by atoms with Gasteiger partial charge in [-0.05, 0) is 25.0 Å². The average molecular weight is 359 g/mol. The molecule has 0 unspecified atom stereocenters. The maximum atomic E-state index is 11.2. The van der Waals surface area contributed by atoms with Crippen molar-refractivity contribution in [3.63, 3.8) is 0 Å². The number of aromatic nitrogens is 4. The Balaban J connectivity index is 1.63. The molecule has 2 aromatic heterocycles. The molecule has 0 saturated heterocycles. The first-order valence-corrected chi connectivity index (χ1v) is 8.11. The normalized spacial score (nSPS) is 15.2. The summed E-state index contributed by atoms with van der Waals surface area (Å²) in [5, 5.41) is 4.19. The molecule has 0 amide bonds. The third-order valence-electron chi connectivity index (χ3n) is 4.11. The van der Waals surface area contributed by atoms with Crippen molar-refractivity contribution in [1.82, 2.24) is 20.1 Å². The zero-order valence-corrected chi connectivity index (χ0v) is 13.5. The second kappa shape index (κ2) is 5.32. The van der Waals surface area contributed by atoms with Crippen molar-refractivity contribution in [2.75, 3.05) is 0 Å². The van der Waals surface area contributed by atoms with Crippen LogP contribution >= 0.6 is 11.6 Å². The molecule has 0 atom stereocenters. The Kier molecular flexibility index (Phi) is 3.08. The number of hydrogen-bond donors (Lipinski definition) is 1. The van der Waals surface area contributed by atoms with Crippen LogP contribution in [0.5, 0.6) is 11.5 Å². The standard InChI is InChI=1S/C16H11ClN4O4/c17-11-9-5-23-14-12(8(9)3-4-10(11)24-7-1-2-7)18-6-19-13(14)15-20-16(22)25-21-15/h3-4,6-7H,1-2,5H2,(H,20,21,22). The van der Waals surface area contributed by atoms with Gasteiger partial charge in [-0.2, -0.15) is 0 Å². The summed E-state index contributed by atoms with van der Waals surface area (Å²) in [5.74, 6) is 0.604. The molecule has 0 bridgehead atoms. The molecule has 1 saturated carbocycles. The van der Waals surface area contributed by atoms with Crippen LogP contribution in [0.1, 0.15) is 18.4 Å². The third kappa shape index (κ3) is 2.37. The number of nitrogens with zero attached hydrogens (tertiary/aromatic N) is 3. The van der Waals surface area contributed by atoms with E-state index in [-0.39, 0.29) is 18.5 Å². The van der Waals surface area contributed by atoms with Crippen molar-refractivity contribution < 1.29 is 14.0 Å². The highest BCUT2D eigenvalue weighted by Crippen LogP contribution is 2.45. The van der Waals surface area contributed by atoms with Gasteiger partial charge in [-0.25, -0.2) is 14.8 Å². The fourth-order valence-electron chi connectivity index (χ4n) is 2.77. The molecule has 126 valence electrons. The zero-order valence-electron chi connectivity index (χ0n) is 12.8. The molecule has 1 fully saturated rings. The predicted octanol–water partition coefficient (Wildman–Crippen LogP) is 2.57.